The maximum atomic E-state index is 12.5. The van der Waals surface area contributed by atoms with Crippen molar-refractivity contribution in [1.29, 1.82) is 0 Å². The maximum absolute atomic E-state index is 12.5. The molecular formula is C22H29N3O. The lowest BCUT2D eigenvalue weighted by Gasteiger charge is -2.19. The summed E-state index contributed by atoms with van der Waals surface area (Å²) in [6.07, 6.45) is 4.79. The number of rotatable bonds is 4. The summed E-state index contributed by atoms with van der Waals surface area (Å²) in [6.45, 7) is 11.4. The van der Waals surface area contributed by atoms with Gasteiger partial charge in [0.25, 0.3) is 5.91 Å². The molecule has 1 saturated heterocycles. The number of amides is 1. The van der Waals surface area contributed by atoms with Crippen LogP contribution in [0.25, 0.3) is 0 Å². The van der Waals surface area contributed by atoms with Crippen LogP contribution in [0, 0.1) is 6.92 Å². The molecule has 0 radical (unpaired) electrons. The van der Waals surface area contributed by atoms with Gasteiger partial charge >= 0.3 is 0 Å². The molecule has 138 valence electrons. The van der Waals surface area contributed by atoms with Gasteiger partial charge in [0.15, 0.2) is 0 Å². The first kappa shape index (κ1) is 18.6. The molecule has 2 aromatic rings. The lowest BCUT2D eigenvalue weighted by atomic mass is 9.86. The number of likely N-dealkylation sites (tertiary alicyclic amines) is 1. The van der Waals surface area contributed by atoms with Gasteiger partial charge in [0, 0.05) is 43.6 Å². The number of nitrogens with zero attached hydrogens (tertiary/aromatic N) is 2. The van der Waals surface area contributed by atoms with Gasteiger partial charge in [-0.3, -0.25) is 14.7 Å². The van der Waals surface area contributed by atoms with Gasteiger partial charge in [0.05, 0.1) is 0 Å². The van der Waals surface area contributed by atoms with Crippen molar-refractivity contribution in [2.75, 3.05) is 13.1 Å². The summed E-state index contributed by atoms with van der Waals surface area (Å²) in [7, 11) is 0. The van der Waals surface area contributed by atoms with Crippen LogP contribution in [0.3, 0.4) is 0 Å². The van der Waals surface area contributed by atoms with Gasteiger partial charge < -0.3 is 5.32 Å². The minimum absolute atomic E-state index is 0.0227. The molecule has 26 heavy (non-hydrogen) atoms. The van der Waals surface area contributed by atoms with E-state index < -0.39 is 0 Å². The molecule has 1 fully saturated rings. The molecule has 1 unspecified atom stereocenters. The molecule has 1 amide bonds. The zero-order valence-electron chi connectivity index (χ0n) is 16.2. The second-order valence-electron chi connectivity index (χ2n) is 8.39. The number of carbonyl (C=O) groups excluding carboxylic acids is 1. The minimum Gasteiger partial charge on any atom is -0.348 e. The summed E-state index contributed by atoms with van der Waals surface area (Å²) in [6, 6.07) is 10.4. The Labute approximate surface area is 156 Å². The van der Waals surface area contributed by atoms with E-state index in [9.17, 15) is 4.79 Å². The van der Waals surface area contributed by atoms with Crippen LogP contribution in [0.15, 0.2) is 42.7 Å². The third-order valence-electron chi connectivity index (χ3n) is 4.96. The van der Waals surface area contributed by atoms with Crippen LogP contribution in [0.4, 0.5) is 0 Å². The molecule has 1 aromatic heterocycles. The maximum Gasteiger partial charge on any atom is 0.251 e. The average molecular weight is 351 g/mol. The molecule has 4 nitrogen and oxygen atoms in total. The van der Waals surface area contributed by atoms with Crippen LogP contribution in [-0.4, -0.2) is 34.9 Å². The largest absolute Gasteiger partial charge is 0.348 e. The summed E-state index contributed by atoms with van der Waals surface area (Å²) < 4.78 is 0. The van der Waals surface area contributed by atoms with Crippen LogP contribution >= 0.6 is 0 Å². The van der Waals surface area contributed by atoms with Gasteiger partial charge in [0.2, 0.25) is 0 Å². The summed E-state index contributed by atoms with van der Waals surface area (Å²) in [4.78, 5) is 19.2. The van der Waals surface area contributed by atoms with Crippen LogP contribution < -0.4 is 5.32 Å². The van der Waals surface area contributed by atoms with E-state index in [1.165, 1.54) is 16.7 Å². The molecule has 1 atom stereocenters. The van der Waals surface area contributed by atoms with Gasteiger partial charge in [-0.2, -0.15) is 0 Å². The number of aromatic nitrogens is 1. The highest BCUT2D eigenvalue weighted by atomic mass is 16.1. The van der Waals surface area contributed by atoms with E-state index in [0.29, 0.717) is 0 Å². The molecule has 2 heterocycles. The fourth-order valence-corrected chi connectivity index (χ4v) is 3.45. The van der Waals surface area contributed by atoms with E-state index >= 15 is 0 Å². The molecule has 0 bridgehead atoms. The Hall–Kier alpha value is -2.20. The molecule has 1 aliphatic rings. The van der Waals surface area contributed by atoms with E-state index in [0.717, 1.165) is 31.6 Å². The Kier molecular flexibility index (Phi) is 5.42. The number of hydrogen-bond acceptors (Lipinski definition) is 3. The number of carbonyl (C=O) groups is 1. The first-order chi connectivity index (χ1) is 12.3. The number of pyridine rings is 1. The molecule has 0 saturated carbocycles. The fourth-order valence-electron chi connectivity index (χ4n) is 3.45. The lowest BCUT2D eigenvalue weighted by molar-refractivity contribution is 0.0937. The molecule has 1 aliphatic heterocycles. The Bertz CT molecular complexity index is 762. The van der Waals surface area contributed by atoms with E-state index in [4.69, 9.17) is 0 Å². The van der Waals surface area contributed by atoms with Crippen molar-refractivity contribution >= 4 is 5.91 Å². The molecule has 0 spiro atoms. The zero-order valence-corrected chi connectivity index (χ0v) is 16.2. The normalized spacial score (nSPS) is 18.1. The molecule has 1 aromatic carbocycles. The predicted molar refractivity (Wildman–Crippen MR) is 105 cm³/mol. The van der Waals surface area contributed by atoms with E-state index in [2.05, 4.69) is 61.1 Å². The highest BCUT2D eigenvalue weighted by molar-refractivity contribution is 5.94. The topological polar surface area (TPSA) is 45.2 Å². The molecule has 0 aliphatic carbocycles. The van der Waals surface area contributed by atoms with Gasteiger partial charge in [-0.05, 0) is 47.6 Å². The van der Waals surface area contributed by atoms with Crippen LogP contribution in [0.2, 0.25) is 0 Å². The first-order valence-corrected chi connectivity index (χ1v) is 9.35. The average Bonchev–Trinajstić information content (AvgIpc) is 3.01. The fraction of sp³-hybridized carbons (Fsp3) is 0.455. The quantitative estimate of drug-likeness (QED) is 0.914. The highest BCUT2D eigenvalue weighted by Gasteiger charge is 2.24. The molecular weight excluding hydrogens is 322 g/mol. The number of aryl methyl sites for hydroxylation is 1. The third-order valence-corrected chi connectivity index (χ3v) is 4.96. The van der Waals surface area contributed by atoms with Gasteiger partial charge in [-0.1, -0.05) is 39.0 Å². The summed E-state index contributed by atoms with van der Waals surface area (Å²) >= 11 is 0. The monoisotopic (exact) mass is 351 g/mol. The van der Waals surface area contributed by atoms with Crippen LogP contribution in [-0.2, 0) is 12.0 Å². The van der Waals surface area contributed by atoms with Crippen molar-refractivity contribution in [2.24, 2.45) is 0 Å². The predicted octanol–water partition coefficient (Wildman–Crippen LogP) is 3.69. The second kappa shape index (κ2) is 7.58. The van der Waals surface area contributed by atoms with Crippen molar-refractivity contribution in [3.8, 4) is 0 Å². The van der Waals surface area contributed by atoms with Crippen LogP contribution in [0.5, 0.6) is 0 Å². The summed E-state index contributed by atoms with van der Waals surface area (Å²) in [5, 5.41) is 3.18. The number of benzene rings is 1. The van der Waals surface area contributed by atoms with Gasteiger partial charge in [-0.25, -0.2) is 0 Å². The molecule has 1 N–H and O–H groups in total. The smallest absolute Gasteiger partial charge is 0.251 e. The first-order valence-electron chi connectivity index (χ1n) is 9.35. The lowest BCUT2D eigenvalue weighted by Crippen LogP contribution is -2.37. The molecule has 4 heteroatoms. The minimum atomic E-state index is 0.0227. The van der Waals surface area contributed by atoms with E-state index in [-0.39, 0.29) is 17.4 Å². The van der Waals surface area contributed by atoms with Crippen molar-refractivity contribution in [3.05, 3.63) is 65.0 Å². The van der Waals surface area contributed by atoms with E-state index in [1.54, 1.807) is 0 Å². The SMILES string of the molecule is Cc1cncc(CN2CCC(NC(=O)c3ccc(C(C)(C)C)cc3)C2)c1. The Balaban J connectivity index is 1.54. The third kappa shape index (κ3) is 4.70. The van der Waals surface area contributed by atoms with E-state index in [1.807, 2.05) is 24.5 Å². The van der Waals surface area contributed by atoms with Crippen molar-refractivity contribution in [1.82, 2.24) is 15.2 Å². The standard InChI is InChI=1S/C22H29N3O/c1-16-11-17(13-23-12-16)14-25-10-9-20(15-25)24-21(26)18-5-7-19(8-6-18)22(2,3)4/h5-8,11-13,20H,9-10,14-15H2,1-4H3,(H,24,26). The Morgan fingerprint density at radius 1 is 1.23 bits per heavy atom. The second-order valence-corrected chi connectivity index (χ2v) is 8.39. The van der Waals surface area contributed by atoms with Crippen molar-refractivity contribution in [3.63, 3.8) is 0 Å². The van der Waals surface area contributed by atoms with Gasteiger partial charge in [0.1, 0.15) is 0 Å². The van der Waals surface area contributed by atoms with Crippen molar-refractivity contribution < 1.29 is 4.79 Å². The highest BCUT2D eigenvalue weighted by Crippen LogP contribution is 2.22. The number of hydrogen-bond donors (Lipinski definition) is 1. The number of nitrogens with one attached hydrogen (secondary N) is 1. The summed E-state index contributed by atoms with van der Waals surface area (Å²) in [5.41, 5.74) is 4.50. The zero-order chi connectivity index (χ0) is 18.7. The van der Waals surface area contributed by atoms with Crippen molar-refractivity contribution in [2.45, 2.75) is 52.1 Å². The Morgan fingerprint density at radius 3 is 2.62 bits per heavy atom. The molecule has 3 rings (SSSR count). The Morgan fingerprint density at radius 2 is 1.96 bits per heavy atom. The summed E-state index contributed by atoms with van der Waals surface area (Å²) in [5.74, 6) is 0.0227. The van der Waals surface area contributed by atoms with Gasteiger partial charge in [-0.15, -0.1) is 0 Å². The van der Waals surface area contributed by atoms with Crippen LogP contribution in [0.1, 0.15) is 54.2 Å².